The normalized spacial score (nSPS) is 15.9. The predicted molar refractivity (Wildman–Crippen MR) is 195 cm³/mol. The molecule has 0 radical (unpaired) electrons. The van der Waals surface area contributed by atoms with Gasteiger partial charge in [-0.1, -0.05) is 53.8 Å². The highest BCUT2D eigenvalue weighted by atomic mass is 35.5. The molecule has 2 saturated heterocycles. The van der Waals surface area contributed by atoms with Crippen LogP contribution in [0.15, 0.2) is 59.5 Å². The molecular formula is C36H39ClN2O8S2. The van der Waals surface area contributed by atoms with Gasteiger partial charge < -0.3 is 28.8 Å². The third-order valence-corrected chi connectivity index (χ3v) is 9.54. The van der Waals surface area contributed by atoms with Gasteiger partial charge in [-0.25, -0.2) is 0 Å². The second kappa shape index (κ2) is 17.7. The number of thiocarbonyl (C=S) groups is 1. The molecule has 1 N–H and O–H groups in total. The average molecular weight is 727 g/mol. The number of methoxy groups -OCH3 is 1. The molecule has 3 aromatic carbocycles. The number of ether oxygens (including phenoxy) is 5. The summed E-state index contributed by atoms with van der Waals surface area (Å²) in [5.74, 6) is 1.10. The number of carbonyl (C=O) groups is 2. The molecule has 10 nitrogen and oxygen atoms in total. The van der Waals surface area contributed by atoms with E-state index in [1.807, 2.05) is 49.4 Å². The number of hydrogen-bond donors (Lipinski definition) is 1. The van der Waals surface area contributed by atoms with E-state index in [4.69, 9.17) is 52.6 Å². The van der Waals surface area contributed by atoms with Crippen LogP contribution in [0.3, 0.4) is 0 Å². The lowest BCUT2D eigenvalue weighted by Crippen LogP contribution is -2.38. The number of thioether (sulfide) groups is 1. The molecular weight excluding hydrogens is 688 g/mol. The number of carboxylic acids is 1. The van der Waals surface area contributed by atoms with Crippen LogP contribution in [0.2, 0.25) is 5.02 Å². The van der Waals surface area contributed by atoms with Crippen LogP contribution in [0.1, 0.15) is 24.5 Å². The molecule has 5 rings (SSSR count). The van der Waals surface area contributed by atoms with Gasteiger partial charge in [-0.15, -0.1) is 0 Å². The monoisotopic (exact) mass is 726 g/mol. The van der Waals surface area contributed by atoms with Gasteiger partial charge in [0.25, 0.3) is 5.91 Å². The van der Waals surface area contributed by atoms with Crippen molar-refractivity contribution in [1.29, 1.82) is 0 Å². The molecule has 0 aliphatic carbocycles. The summed E-state index contributed by atoms with van der Waals surface area (Å²) in [5, 5.41) is 9.65. The summed E-state index contributed by atoms with van der Waals surface area (Å²) < 4.78 is 29.1. The van der Waals surface area contributed by atoms with Gasteiger partial charge in [-0.2, -0.15) is 0 Å². The van der Waals surface area contributed by atoms with Crippen LogP contribution in [0.4, 0.5) is 0 Å². The number of morpholine rings is 1. The van der Waals surface area contributed by atoms with Gasteiger partial charge in [0.2, 0.25) is 0 Å². The van der Waals surface area contributed by atoms with E-state index in [1.54, 1.807) is 23.1 Å². The molecule has 0 atom stereocenters. The average Bonchev–Trinajstić information content (AvgIpc) is 3.35. The Balaban J connectivity index is 1.29. The second-order valence-electron chi connectivity index (χ2n) is 11.2. The molecule has 2 fully saturated rings. The summed E-state index contributed by atoms with van der Waals surface area (Å²) in [7, 11) is 1.52. The number of halogens is 1. The molecule has 0 unspecified atom stereocenters. The number of carboxylic acid groups (broad SMARTS) is 1. The van der Waals surface area contributed by atoms with Crippen LogP contribution >= 0.6 is 35.6 Å². The number of nitrogens with zero attached hydrogens (tertiary/aromatic N) is 2. The molecule has 2 heterocycles. The fourth-order valence-corrected chi connectivity index (χ4v) is 6.93. The highest BCUT2D eigenvalue weighted by molar-refractivity contribution is 8.26. The quantitative estimate of drug-likeness (QED) is 0.100. The first-order valence-corrected chi connectivity index (χ1v) is 17.6. The summed E-state index contributed by atoms with van der Waals surface area (Å²) in [5.41, 5.74) is 3.17. The van der Waals surface area contributed by atoms with Crippen LogP contribution < -0.4 is 18.9 Å². The number of aliphatic carboxylic acids is 1. The summed E-state index contributed by atoms with van der Waals surface area (Å²) >= 11 is 13.4. The molecule has 0 aromatic heterocycles. The SMILES string of the molecule is CCOc1ccc(-c2ccc(OCCN3CCOCC3)c(/C=C3\SC(=S)N(CCCOc4cc(CC(=O)O)ccc4OC)C3=O)c2)cc1Cl. The fourth-order valence-electron chi connectivity index (χ4n) is 5.39. The Morgan fingerprint density at radius 1 is 0.959 bits per heavy atom. The first kappa shape index (κ1) is 36.5. The lowest BCUT2D eigenvalue weighted by molar-refractivity contribution is -0.136. The standard InChI is InChI=1S/C36H39ClN2O8S2/c1-3-45-30-10-7-26(22-28(30)37)25-6-9-29(47-18-14-38-12-16-44-17-13-38)27(21-25)23-33-35(42)39(36(48)49-33)11-4-15-46-32-19-24(20-34(40)41)5-8-31(32)43-2/h5-10,19,21-23H,3-4,11-18,20H2,1-2H3,(H,40,41)/b33-23-. The van der Waals surface area contributed by atoms with Gasteiger partial charge in [0.15, 0.2) is 11.5 Å². The molecule has 0 bridgehead atoms. The Bertz CT molecular complexity index is 1700. The molecule has 49 heavy (non-hydrogen) atoms. The maximum absolute atomic E-state index is 13.6. The van der Waals surface area contributed by atoms with Crippen LogP contribution in [0.25, 0.3) is 17.2 Å². The summed E-state index contributed by atoms with van der Waals surface area (Å²) in [4.78, 5) is 29.1. The second-order valence-corrected chi connectivity index (χ2v) is 13.3. The van der Waals surface area contributed by atoms with E-state index in [0.29, 0.717) is 82.2 Å². The highest BCUT2D eigenvalue weighted by Crippen LogP contribution is 2.37. The lowest BCUT2D eigenvalue weighted by atomic mass is 10.0. The van der Waals surface area contributed by atoms with E-state index in [-0.39, 0.29) is 18.9 Å². The topological polar surface area (TPSA) is 107 Å². The van der Waals surface area contributed by atoms with E-state index in [1.165, 1.54) is 18.9 Å². The maximum Gasteiger partial charge on any atom is 0.307 e. The van der Waals surface area contributed by atoms with Crippen molar-refractivity contribution < 1.29 is 38.4 Å². The van der Waals surface area contributed by atoms with Gasteiger partial charge in [0, 0.05) is 31.7 Å². The summed E-state index contributed by atoms with van der Waals surface area (Å²) in [6.45, 7) is 7.47. The number of benzene rings is 3. The molecule has 0 saturated carbocycles. The van der Waals surface area contributed by atoms with E-state index in [9.17, 15) is 9.59 Å². The molecule has 2 aliphatic rings. The molecule has 1 amide bonds. The fraction of sp³-hybridized carbons (Fsp3) is 0.361. The van der Waals surface area contributed by atoms with E-state index < -0.39 is 5.97 Å². The van der Waals surface area contributed by atoms with Crippen molar-refractivity contribution in [2.24, 2.45) is 0 Å². The molecule has 2 aliphatic heterocycles. The van der Waals surface area contributed by atoms with E-state index >= 15 is 0 Å². The van der Waals surface area contributed by atoms with Gasteiger partial charge in [-0.3, -0.25) is 19.4 Å². The Labute approximate surface area is 300 Å². The Morgan fingerprint density at radius 3 is 2.39 bits per heavy atom. The lowest BCUT2D eigenvalue weighted by Gasteiger charge is -2.26. The first-order valence-electron chi connectivity index (χ1n) is 16.0. The number of amides is 1. The number of rotatable bonds is 16. The Morgan fingerprint density at radius 2 is 1.67 bits per heavy atom. The van der Waals surface area contributed by atoms with Crippen LogP contribution in [-0.2, 0) is 20.7 Å². The van der Waals surface area contributed by atoms with E-state index in [2.05, 4.69) is 4.90 Å². The zero-order valence-corrected chi connectivity index (χ0v) is 29.8. The highest BCUT2D eigenvalue weighted by Gasteiger charge is 2.32. The minimum atomic E-state index is -0.933. The van der Waals surface area contributed by atoms with Crippen molar-refractivity contribution in [3.05, 3.63) is 75.7 Å². The minimum absolute atomic E-state index is 0.124. The van der Waals surface area contributed by atoms with Crippen molar-refractivity contribution in [3.63, 3.8) is 0 Å². The van der Waals surface area contributed by atoms with Gasteiger partial charge in [-0.05, 0) is 72.5 Å². The van der Waals surface area contributed by atoms with Crippen LogP contribution in [0.5, 0.6) is 23.0 Å². The zero-order chi connectivity index (χ0) is 34.8. The van der Waals surface area contributed by atoms with Gasteiger partial charge in [0.1, 0.15) is 22.4 Å². The Hall–Kier alpha value is -3.81. The molecule has 13 heteroatoms. The summed E-state index contributed by atoms with van der Waals surface area (Å²) in [6.07, 6.45) is 2.20. The van der Waals surface area contributed by atoms with E-state index in [0.717, 1.165) is 36.3 Å². The zero-order valence-electron chi connectivity index (χ0n) is 27.4. The number of carbonyl (C=O) groups excluding carboxylic acids is 1. The van der Waals surface area contributed by atoms with Crippen molar-refractivity contribution in [3.8, 4) is 34.1 Å². The third-order valence-electron chi connectivity index (χ3n) is 7.87. The molecule has 260 valence electrons. The largest absolute Gasteiger partial charge is 0.493 e. The molecule has 3 aromatic rings. The van der Waals surface area contributed by atoms with Crippen LogP contribution in [-0.4, -0.2) is 97.4 Å². The van der Waals surface area contributed by atoms with Crippen molar-refractivity contribution in [1.82, 2.24) is 9.80 Å². The molecule has 0 spiro atoms. The van der Waals surface area contributed by atoms with Crippen LogP contribution in [0, 0.1) is 0 Å². The van der Waals surface area contributed by atoms with Gasteiger partial charge in [0.05, 0.1) is 49.9 Å². The predicted octanol–water partition coefficient (Wildman–Crippen LogP) is 6.42. The smallest absolute Gasteiger partial charge is 0.307 e. The van der Waals surface area contributed by atoms with Crippen molar-refractivity contribution in [2.45, 2.75) is 19.8 Å². The van der Waals surface area contributed by atoms with Crippen molar-refractivity contribution >= 4 is 57.9 Å². The minimum Gasteiger partial charge on any atom is -0.493 e. The van der Waals surface area contributed by atoms with Crippen molar-refractivity contribution in [2.75, 3.05) is 66.3 Å². The van der Waals surface area contributed by atoms with Gasteiger partial charge >= 0.3 is 5.97 Å². The first-order chi connectivity index (χ1) is 23.7. The number of hydrogen-bond acceptors (Lipinski definition) is 10. The summed E-state index contributed by atoms with van der Waals surface area (Å²) in [6, 6.07) is 16.6. The maximum atomic E-state index is 13.6. The Kier molecular flexibility index (Phi) is 13.2. The third kappa shape index (κ3) is 9.89.